The van der Waals surface area contributed by atoms with E-state index in [-0.39, 0.29) is 5.91 Å². The van der Waals surface area contributed by atoms with Crippen molar-refractivity contribution in [2.24, 2.45) is 0 Å². The quantitative estimate of drug-likeness (QED) is 0.451. The van der Waals surface area contributed by atoms with Crippen molar-refractivity contribution in [2.75, 3.05) is 26.1 Å². The Balaban J connectivity index is 2.03. The SMILES string of the molecule is CCCCCOc1ccc(/C=C/C(=O)Nc2cc(C)ccc2OC)cc1OC. The number of methoxy groups -OCH3 is 2. The molecule has 2 aromatic carbocycles. The molecule has 0 radical (unpaired) electrons. The van der Waals surface area contributed by atoms with Gasteiger partial charge in [-0.25, -0.2) is 0 Å². The molecule has 0 fully saturated rings. The molecule has 0 spiro atoms. The van der Waals surface area contributed by atoms with Gasteiger partial charge in [-0.2, -0.15) is 0 Å². The van der Waals surface area contributed by atoms with E-state index in [9.17, 15) is 4.79 Å². The molecule has 2 aromatic rings. The summed E-state index contributed by atoms with van der Waals surface area (Å²) in [7, 11) is 3.19. The van der Waals surface area contributed by atoms with E-state index >= 15 is 0 Å². The predicted octanol–water partition coefficient (Wildman–Crippen LogP) is 5.23. The van der Waals surface area contributed by atoms with E-state index in [2.05, 4.69) is 12.2 Å². The van der Waals surface area contributed by atoms with Gasteiger partial charge in [0.1, 0.15) is 5.75 Å². The van der Waals surface area contributed by atoms with Crippen LogP contribution in [0, 0.1) is 6.92 Å². The van der Waals surface area contributed by atoms with E-state index in [4.69, 9.17) is 14.2 Å². The molecular weight excluding hydrogens is 354 g/mol. The molecule has 28 heavy (non-hydrogen) atoms. The van der Waals surface area contributed by atoms with Crippen molar-refractivity contribution in [3.8, 4) is 17.2 Å². The van der Waals surface area contributed by atoms with Gasteiger partial charge >= 0.3 is 0 Å². The standard InChI is InChI=1S/C23H29NO4/c1-5-6-7-14-28-21-12-9-18(16-22(21)27-4)10-13-23(25)24-19-15-17(2)8-11-20(19)26-3/h8-13,15-16H,5-7,14H2,1-4H3,(H,24,25)/b13-10+. The predicted molar refractivity (Wildman–Crippen MR) is 113 cm³/mol. The van der Waals surface area contributed by atoms with E-state index in [1.165, 1.54) is 6.08 Å². The Labute approximate surface area is 167 Å². The number of ether oxygens (including phenoxy) is 3. The second-order valence-electron chi connectivity index (χ2n) is 6.49. The number of aryl methyl sites for hydroxylation is 1. The van der Waals surface area contributed by atoms with Gasteiger partial charge in [0.2, 0.25) is 5.91 Å². The maximum atomic E-state index is 12.3. The van der Waals surface area contributed by atoms with Gasteiger partial charge in [0.15, 0.2) is 11.5 Å². The van der Waals surface area contributed by atoms with Crippen molar-refractivity contribution in [1.29, 1.82) is 0 Å². The van der Waals surface area contributed by atoms with Crippen LogP contribution < -0.4 is 19.5 Å². The number of anilines is 1. The molecule has 0 aliphatic heterocycles. The van der Waals surface area contributed by atoms with Crippen molar-refractivity contribution >= 4 is 17.7 Å². The zero-order valence-electron chi connectivity index (χ0n) is 17.1. The highest BCUT2D eigenvalue weighted by molar-refractivity contribution is 6.02. The molecule has 0 aromatic heterocycles. The van der Waals surface area contributed by atoms with Gasteiger partial charge in [0.25, 0.3) is 0 Å². The van der Waals surface area contributed by atoms with Gasteiger partial charge in [-0.1, -0.05) is 31.9 Å². The highest BCUT2D eigenvalue weighted by Gasteiger charge is 2.07. The summed E-state index contributed by atoms with van der Waals surface area (Å²) in [5.41, 5.74) is 2.54. The number of benzene rings is 2. The summed E-state index contributed by atoms with van der Waals surface area (Å²) in [5, 5.41) is 2.85. The summed E-state index contributed by atoms with van der Waals surface area (Å²) in [6, 6.07) is 11.3. The number of hydrogen-bond donors (Lipinski definition) is 1. The minimum Gasteiger partial charge on any atom is -0.495 e. The Morgan fingerprint density at radius 2 is 1.75 bits per heavy atom. The van der Waals surface area contributed by atoms with Gasteiger partial charge < -0.3 is 19.5 Å². The van der Waals surface area contributed by atoms with Gasteiger partial charge in [0, 0.05) is 6.08 Å². The molecule has 0 saturated heterocycles. The van der Waals surface area contributed by atoms with Gasteiger partial charge in [-0.05, 0) is 54.8 Å². The first-order valence-corrected chi connectivity index (χ1v) is 9.52. The van der Waals surface area contributed by atoms with Crippen molar-refractivity contribution < 1.29 is 19.0 Å². The van der Waals surface area contributed by atoms with Crippen LogP contribution in [0.3, 0.4) is 0 Å². The van der Waals surface area contributed by atoms with E-state index < -0.39 is 0 Å². The fraction of sp³-hybridized carbons (Fsp3) is 0.348. The van der Waals surface area contributed by atoms with Crippen molar-refractivity contribution in [2.45, 2.75) is 33.1 Å². The number of carbonyl (C=O) groups is 1. The lowest BCUT2D eigenvalue weighted by Crippen LogP contribution is -2.09. The molecule has 5 nitrogen and oxygen atoms in total. The third kappa shape index (κ3) is 6.34. The highest BCUT2D eigenvalue weighted by atomic mass is 16.5. The van der Waals surface area contributed by atoms with Crippen LogP contribution in [0.5, 0.6) is 17.2 Å². The molecule has 150 valence electrons. The summed E-state index contributed by atoms with van der Waals surface area (Å²) >= 11 is 0. The second kappa shape index (κ2) is 11.0. The Kier molecular flexibility index (Phi) is 8.40. The van der Waals surface area contributed by atoms with Crippen LogP contribution in [-0.2, 0) is 4.79 Å². The minimum absolute atomic E-state index is 0.234. The van der Waals surface area contributed by atoms with Gasteiger partial charge in [-0.3, -0.25) is 4.79 Å². The zero-order chi connectivity index (χ0) is 20.4. The Hall–Kier alpha value is -2.95. The number of nitrogens with one attached hydrogen (secondary N) is 1. The molecule has 0 unspecified atom stereocenters. The maximum Gasteiger partial charge on any atom is 0.248 e. The molecule has 1 N–H and O–H groups in total. The van der Waals surface area contributed by atoms with Crippen LogP contribution in [0.15, 0.2) is 42.5 Å². The lowest BCUT2D eigenvalue weighted by Gasteiger charge is -2.11. The Morgan fingerprint density at radius 1 is 1.00 bits per heavy atom. The fourth-order valence-electron chi connectivity index (χ4n) is 2.71. The third-order valence-electron chi connectivity index (χ3n) is 4.23. The van der Waals surface area contributed by atoms with Crippen LogP contribution in [0.2, 0.25) is 0 Å². The third-order valence-corrected chi connectivity index (χ3v) is 4.23. The normalized spacial score (nSPS) is 10.7. The summed E-state index contributed by atoms with van der Waals surface area (Å²) in [4.78, 5) is 12.3. The average Bonchev–Trinajstić information content (AvgIpc) is 2.70. The molecule has 2 rings (SSSR count). The molecule has 0 bridgehead atoms. The van der Waals surface area contributed by atoms with E-state index in [1.807, 2.05) is 43.3 Å². The van der Waals surface area contributed by atoms with Crippen molar-refractivity contribution in [3.05, 3.63) is 53.6 Å². The summed E-state index contributed by atoms with van der Waals surface area (Å²) < 4.78 is 16.5. The Bertz CT molecular complexity index is 814. The highest BCUT2D eigenvalue weighted by Crippen LogP contribution is 2.29. The zero-order valence-corrected chi connectivity index (χ0v) is 17.1. The van der Waals surface area contributed by atoms with Gasteiger partial charge in [-0.15, -0.1) is 0 Å². The molecule has 0 atom stereocenters. The van der Waals surface area contributed by atoms with E-state index in [1.54, 1.807) is 20.3 Å². The molecule has 0 saturated carbocycles. The number of hydrogen-bond acceptors (Lipinski definition) is 4. The summed E-state index contributed by atoms with van der Waals surface area (Å²) in [6.07, 6.45) is 6.54. The monoisotopic (exact) mass is 383 g/mol. The summed E-state index contributed by atoms with van der Waals surface area (Å²) in [5.74, 6) is 1.76. The molecular formula is C23H29NO4. The molecule has 0 aliphatic rings. The lowest BCUT2D eigenvalue weighted by atomic mass is 10.1. The second-order valence-corrected chi connectivity index (χ2v) is 6.49. The van der Waals surface area contributed by atoms with Crippen LogP contribution in [0.1, 0.15) is 37.3 Å². The van der Waals surface area contributed by atoms with E-state index in [0.717, 1.165) is 30.4 Å². The molecule has 5 heteroatoms. The van der Waals surface area contributed by atoms with Crippen LogP contribution in [0.4, 0.5) is 5.69 Å². The fourth-order valence-corrected chi connectivity index (χ4v) is 2.71. The van der Waals surface area contributed by atoms with Gasteiger partial charge in [0.05, 0.1) is 26.5 Å². The molecule has 1 amide bonds. The van der Waals surface area contributed by atoms with Crippen molar-refractivity contribution in [1.82, 2.24) is 0 Å². The van der Waals surface area contributed by atoms with Crippen LogP contribution in [0.25, 0.3) is 6.08 Å². The minimum atomic E-state index is -0.234. The number of rotatable bonds is 10. The largest absolute Gasteiger partial charge is 0.495 e. The van der Waals surface area contributed by atoms with Crippen molar-refractivity contribution in [3.63, 3.8) is 0 Å². The first-order valence-electron chi connectivity index (χ1n) is 9.52. The topological polar surface area (TPSA) is 56.8 Å². The smallest absolute Gasteiger partial charge is 0.248 e. The Morgan fingerprint density at radius 3 is 2.46 bits per heavy atom. The molecule has 0 heterocycles. The lowest BCUT2D eigenvalue weighted by molar-refractivity contribution is -0.111. The number of carbonyl (C=O) groups excluding carboxylic acids is 1. The van der Waals surface area contributed by atoms with Crippen LogP contribution >= 0.6 is 0 Å². The molecule has 0 aliphatic carbocycles. The average molecular weight is 383 g/mol. The van der Waals surface area contributed by atoms with E-state index in [0.29, 0.717) is 29.5 Å². The first-order chi connectivity index (χ1) is 13.6. The summed E-state index contributed by atoms with van der Waals surface area (Å²) in [6.45, 7) is 4.79. The number of amides is 1. The van der Waals surface area contributed by atoms with Crippen LogP contribution in [-0.4, -0.2) is 26.7 Å². The maximum absolute atomic E-state index is 12.3. The number of unbranched alkanes of at least 4 members (excludes halogenated alkanes) is 2. The first kappa shape index (κ1) is 21.4.